The van der Waals surface area contributed by atoms with Gasteiger partial charge in [0.25, 0.3) is 0 Å². The predicted molar refractivity (Wildman–Crippen MR) is 86.3 cm³/mol. The minimum absolute atomic E-state index is 0.0430. The van der Waals surface area contributed by atoms with Gasteiger partial charge >= 0.3 is 13.3 Å². The van der Waals surface area contributed by atoms with E-state index in [9.17, 15) is 4.57 Å². The maximum Gasteiger partial charge on any atom is 0.400 e. The van der Waals surface area contributed by atoms with Crippen molar-refractivity contribution in [1.82, 2.24) is 0 Å². The van der Waals surface area contributed by atoms with Crippen LogP contribution in [0.15, 0.2) is 24.3 Å². The third-order valence-corrected chi connectivity index (χ3v) is 5.63. The number of nitriles is 2. The van der Waals surface area contributed by atoms with Gasteiger partial charge < -0.3 is 13.8 Å². The maximum atomic E-state index is 15.2. The van der Waals surface area contributed by atoms with Crippen LogP contribution >= 0.6 is 7.60 Å². The summed E-state index contributed by atoms with van der Waals surface area (Å²) in [5.74, 6) is -3.33. The number of alkyl halides is 2. The zero-order valence-corrected chi connectivity index (χ0v) is 15.0. The van der Waals surface area contributed by atoms with E-state index >= 15 is 8.78 Å². The van der Waals surface area contributed by atoms with Crippen LogP contribution in [0.5, 0.6) is 5.75 Å². The van der Waals surface area contributed by atoms with Gasteiger partial charge in [-0.1, -0.05) is 12.1 Å². The highest BCUT2D eigenvalue weighted by Crippen LogP contribution is 2.67. The lowest BCUT2D eigenvalue weighted by Crippen LogP contribution is -2.33. The molecule has 0 saturated carbocycles. The number of halogens is 2. The van der Waals surface area contributed by atoms with Gasteiger partial charge in [0.2, 0.25) is 0 Å². The average Bonchev–Trinajstić information content (AvgIpc) is 2.59. The molecule has 0 aliphatic heterocycles. The summed E-state index contributed by atoms with van der Waals surface area (Å²) in [6, 6.07) is 8.49. The van der Waals surface area contributed by atoms with Crippen molar-refractivity contribution in [2.24, 2.45) is 5.92 Å². The van der Waals surface area contributed by atoms with Gasteiger partial charge in [0.05, 0.1) is 38.4 Å². The molecule has 0 bridgehead atoms. The molecule has 0 aliphatic rings. The topological polar surface area (TPSA) is 92.3 Å². The van der Waals surface area contributed by atoms with Crippen molar-refractivity contribution in [3.8, 4) is 17.9 Å². The number of nitrogens with zero attached hydrogens (tertiary/aromatic N) is 2. The number of rotatable bonds is 9. The van der Waals surface area contributed by atoms with Crippen LogP contribution < -0.4 is 4.74 Å². The Morgan fingerprint density at radius 3 is 1.96 bits per heavy atom. The fraction of sp³-hybridized carbons (Fsp3) is 0.500. The Morgan fingerprint density at radius 1 is 1.12 bits per heavy atom. The second-order valence-corrected chi connectivity index (χ2v) is 7.02. The molecule has 6 nitrogen and oxygen atoms in total. The molecule has 9 heteroatoms. The molecular formula is C16H19F2N2O4P. The van der Waals surface area contributed by atoms with E-state index in [1.165, 1.54) is 57.4 Å². The molecule has 0 N–H and O–H groups in total. The first-order valence-electron chi connectivity index (χ1n) is 7.51. The highest BCUT2D eigenvalue weighted by Gasteiger charge is 2.61. The Labute approximate surface area is 145 Å². The lowest BCUT2D eigenvalue weighted by Gasteiger charge is -2.32. The molecule has 0 aliphatic carbocycles. The predicted octanol–water partition coefficient (Wildman–Crippen LogP) is 4.30. The molecule has 0 radical (unpaired) electrons. The van der Waals surface area contributed by atoms with E-state index < -0.39 is 25.1 Å². The monoisotopic (exact) mass is 372 g/mol. The normalized spacial score (nSPS) is 13.1. The quantitative estimate of drug-likeness (QED) is 0.600. The van der Waals surface area contributed by atoms with E-state index in [1.807, 2.05) is 0 Å². The van der Waals surface area contributed by atoms with Crippen molar-refractivity contribution in [3.63, 3.8) is 0 Å². The van der Waals surface area contributed by atoms with Crippen molar-refractivity contribution >= 4 is 7.60 Å². The summed E-state index contributed by atoms with van der Waals surface area (Å²) in [6.45, 7) is 2.25. The van der Waals surface area contributed by atoms with E-state index in [4.69, 9.17) is 24.3 Å². The first-order chi connectivity index (χ1) is 11.8. The van der Waals surface area contributed by atoms with Gasteiger partial charge in [0.1, 0.15) is 11.7 Å². The van der Waals surface area contributed by atoms with Crippen LogP contribution in [0.2, 0.25) is 0 Å². The number of ether oxygens (including phenoxy) is 1. The maximum absolute atomic E-state index is 15.2. The van der Waals surface area contributed by atoms with E-state index in [1.54, 1.807) is 0 Å². The summed E-state index contributed by atoms with van der Waals surface area (Å²) in [7, 11) is -3.50. The van der Waals surface area contributed by atoms with Crippen LogP contribution in [-0.4, -0.2) is 26.0 Å². The molecule has 0 aromatic heterocycles. The highest BCUT2D eigenvalue weighted by atomic mass is 31.2. The minimum Gasteiger partial charge on any atom is -0.497 e. The van der Waals surface area contributed by atoms with Gasteiger partial charge in [-0.15, -0.1) is 0 Å². The summed E-state index contributed by atoms with van der Waals surface area (Å²) in [5, 5.41) is 18.3. The van der Waals surface area contributed by atoms with Crippen molar-refractivity contribution in [2.75, 3.05) is 20.3 Å². The SMILES string of the molecule is CCOP(=O)(OCC)C(F)(F)C(c1ccc(OC)cc1)C(C#N)C#N. The fourth-order valence-corrected chi connectivity index (χ4v) is 4.04. The molecule has 0 saturated heterocycles. The van der Waals surface area contributed by atoms with Gasteiger partial charge in [-0.25, -0.2) is 0 Å². The van der Waals surface area contributed by atoms with Crippen molar-refractivity contribution in [1.29, 1.82) is 10.5 Å². The summed E-state index contributed by atoms with van der Waals surface area (Å²) < 4.78 is 57.5. The first-order valence-corrected chi connectivity index (χ1v) is 9.05. The second-order valence-electron chi connectivity index (χ2n) is 4.91. The molecule has 0 amide bonds. The molecule has 1 aromatic rings. The Bertz CT molecular complexity index is 674. The van der Waals surface area contributed by atoms with Crippen LogP contribution in [0.25, 0.3) is 0 Å². The molecule has 25 heavy (non-hydrogen) atoms. The molecule has 0 heterocycles. The Balaban J connectivity index is 3.51. The third kappa shape index (κ3) is 4.35. The van der Waals surface area contributed by atoms with Crippen molar-refractivity contribution < 1.29 is 27.1 Å². The molecule has 0 fully saturated rings. The molecule has 1 unspecified atom stereocenters. The standard InChI is InChI=1S/C16H19F2N2O4P/c1-4-23-25(21,24-5-2)16(17,18)15(13(10-19)11-20)12-6-8-14(22-3)9-7-12/h6-9,13,15H,4-5H2,1-3H3. The summed E-state index contributed by atoms with van der Waals surface area (Å²) in [5.41, 5.74) is -4.12. The second kappa shape index (κ2) is 8.92. The zero-order valence-electron chi connectivity index (χ0n) is 14.1. The number of benzene rings is 1. The Hall–Kier alpha value is -1.99. The number of methoxy groups -OCH3 is 1. The largest absolute Gasteiger partial charge is 0.497 e. The summed E-state index contributed by atoms with van der Waals surface area (Å²) in [4.78, 5) is 0. The lowest BCUT2D eigenvalue weighted by molar-refractivity contribution is 0.00891. The smallest absolute Gasteiger partial charge is 0.400 e. The summed E-state index contributed by atoms with van der Waals surface area (Å²) >= 11 is 0. The average molecular weight is 372 g/mol. The van der Waals surface area contributed by atoms with Gasteiger partial charge in [0.15, 0.2) is 0 Å². The van der Waals surface area contributed by atoms with E-state index in [0.29, 0.717) is 5.75 Å². The van der Waals surface area contributed by atoms with E-state index in [2.05, 4.69) is 0 Å². The molecule has 1 rings (SSSR count). The molecule has 1 aromatic carbocycles. The molecule has 136 valence electrons. The zero-order chi connectivity index (χ0) is 19.1. The van der Waals surface area contributed by atoms with Crippen molar-refractivity contribution in [2.45, 2.75) is 25.4 Å². The number of hydrogen-bond acceptors (Lipinski definition) is 6. The lowest BCUT2D eigenvalue weighted by atomic mass is 9.87. The summed E-state index contributed by atoms with van der Waals surface area (Å²) in [6.07, 6.45) is 0. The Kier molecular flexibility index (Phi) is 7.51. The molecule has 1 atom stereocenters. The highest BCUT2D eigenvalue weighted by molar-refractivity contribution is 7.55. The van der Waals surface area contributed by atoms with Gasteiger partial charge in [-0.2, -0.15) is 19.3 Å². The third-order valence-electron chi connectivity index (χ3n) is 3.42. The van der Waals surface area contributed by atoms with E-state index in [-0.39, 0.29) is 18.8 Å². The fourth-order valence-electron chi connectivity index (χ4n) is 2.30. The van der Waals surface area contributed by atoms with Gasteiger partial charge in [0, 0.05) is 0 Å². The molecular weight excluding hydrogens is 353 g/mol. The van der Waals surface area contributed by atoms with Gasteiger partial charge in [-0.05, 0) is 31.5 Å². The van der Waals surface area contributed by atoms with E-state index in [0.717, 1.165) is 0 Å². The van der Waals surface area contributed by atoms with Crippen LogP contribution in [0.4, 0.5) is 8.78 Å². The van der Waals surface area contributed by atoms with Crippen LogP contribution in [0.3, 0.4) is 0 Å². The van der Waals surface area contributed by atoms with Crippen LogP contribution in [-0.2, 0) is 13.6 Å². The minimum atomic E-state index is -4.91. The van der Waals surface area contributed by atoms with Crippen molar-refractivity contribution in [3.05, 3.63) is 29.8 Å². The first kappa shape index (κ1) is 21.1. The number of hydrogen-bond donors (Lipinski definition) is 0. The van der Waals surface area contributed by atoms with Gasteiger partial charge in [-0.3, -0.25) is 4.57 Å². The van der Waals surface area contributed by atoms with Crippen LogP contribution in [0, 0.1) is 28.6 Å². The molecule has 0 spiro atoms. The van der Waals surface area contributed by atoms with Crippen LogP contribution in [0.1, 0.15) is 25.3 Å². The Morgan fingerprint density at radius 2 is 1.60 bits per heavy atom.